The summed E-state index contributed by atoms with van der Waals surface area (Å²) in [5.41, 5.74) is -1.51. The lowest BCUT2D eigenvalue weighted by Gasteiger charge is -2.32. The van der Waals surface area contributed by atoms with Crippen molar-refractivity contribution in [2.75, 3.05) is 7.11 Å². The Hall–Kier alpha value is -1.94. The number of esters is 1. The van der Waals surface area contributed by atoms with E-state index in [-0.39, 0.29) is 12.0 Å². The second kappa shape index (κ2) is 6.66. The van der Waals surface area contributed by atoms with Crippen molar-refractivity contribution in [1.29, 1.82) is 0 Å². The monoisotopic (exact) mass is 385 g/mol. The van der Waals surface area contributed by atoms with Crippen molar-refractivity contribution in [2.45, 2.75) is 49.1 Å². The lowest BCUT2D eigenvalue weighted by atomic mass is 9.85. The first-order valence-corrected chi connectivity index (χ1v) is 10.0. The summed E-state index contributed by atoms with van der Waals surface area (Å²) in [7, 11) is -0.432. The minimum atomic E-state index is -4.27. The van der Waals surface area contributed by atoms with Gasteiger partial charge in [0.25, 0.3) is 15.6 Å². The maximum absolute atomic E-state index is 13.3. The Morgan fingerprint density at radius 2 is 1.85 bits per heavy atom. The van der Waals surface area contributed by atoms with Gasteiger partial charge in [0.15, 0.2) is 4.90 Å². The molecule has 3 atom stereocenters. The van der Waals surface area contributed by atoms with Crippen LogP contribution in [0.4, 0.5) is 0 Å². The van der Waals surface area contributed by atoms with Gasteiger partial charge in [-0.15, -0.1) is 0 Å². The van der Waals surface area contributed by atoms with Crippen molar-refractivity contribution >= 4 is 16.0 Å². The van der Waals surface area contributed by atoms with Crippen molar-refractivity contribution in [3.8, 4) is 0 Å². The number of sulfonamides is 1. The highest BCUT2D eigenvalue weighted by atomic mass is 32.2. The van der Waals surface area contributed by atoms with Crippen LogP contribution in [0.2, 0.25) is 0 Å². The fourth-order valence-corrected chi connectivity index (χ4v) is 6.18. The molecule has 1 aliphatic heterocycles. The SMILES string of the molecule is COC(=O)[C@@H]1C[C@@H]2CCCC[C@@H]2N1S(=O)(=O)c1cn(C)c(=O)n(C)c1=O. The lowest BCUT2D eigenvalue weighted by Crippen LogP contribution is -2.49. The number of hydrogen-bond donors (Lipinski definition) is 0. The predicted octanol–water partition coefficient (Wildman–Crippen LogP) is -0.421. The highest BCUT2D eigenvalue weighted by Crippen LogP contribution is 2.42. The summed E-state index contributed by atoms with van der Waals surface area (Å²) in [6.07, 6.45) is 4.77. The van der Waals surface area contributed by atoms with Crippen LogP contribution in [0.3, 0.4) is 0 Å². The number of aryl methyl sites for hydroxylation is 1. The Morgan fingerprint density at radius 1 is 1.19 bits per heavy atom. The van der Waals surface area contributed by atoms with Crippen LogP contribution in [0, 0.1) is 5.92 Å². The molecular formula is C16H23N3O6S. The summed E-state index contributed by atoms with van der Waals surface area (Å²) in [6, 6.07) is -1.28. The number of nitrogens with zero attached hydrogens (tertiary/aromatic N) is 3. The molecule has 2 aliphatic rings. The molecule has 2 fully saturated rings. The van der Waals surface area contributed by atoms with Crippen molar-refractivity contribution in [2.24, 2.45) is 20.0 Å². The van der Waals surface area contributed by atoms with Crippen LogP contribution in [-0.4, -0.2) is 47.0 Å². The van der Waals surface area contributed by atoms with Crippen LogP contribution in [0.1, 0.15) is 32.1 Å². The number of ether oxygens (including phenoxy) is 1. The topological polar surface area (TPSA) is 108 Å². The summed E-state index contributed by atoms with van der Waals surface area (Å²) in [6.45, 7) is 0. The molecule has 1 aliphatic carbocycles. The average Bonchev–Trinajstić information content (AvgIpc) is 3.02. The molecule has 1 saturated heterocycles. The summed E-state index contributed by atoms with van der Waals surface area (Å²) in [5.74, 6) is -0.552. The van der Waals surface area contributed by atoms with Gasteiger partial charge >= 0.3 is 11.7 Å². The van der Waals surface area contributed by atoms with E-state index in [0.29, 0.717) is 12.8 Å². The normalized spacial score (nSPS) is 26.5. The van der Waals surface area contributed by atoms with Crippen molar-refractivity contribution < 1.29 is 17.9 Å². The molecule has 0 bridgehead atoms. The van der Waals surface area contributed by atoms with Gasteiger partial charge < -0.3 is 9.30 Å². The van der Waals surface area contributed by atoms with Crippen LogP contribution in [0.15, 0.2) is 20.7 Å². The molecule has 3 rings (SSSR count). The van der Waals surface area contributed by atoms with Gasteiger partial charge in [0, 0.05) is 26.3 Å². The van der Waals surface area contributed by atoms with Gasteiger partial charge in [-0.05, 0) is 25.2 Å². The first kappa shape index (κ1) is 18.8. The highest BCUT2D eigenvalue weighted by molar-refractivity contribution is 7.89. The molecule has 10 heteroatoms. The Labute approximate surface area is 151 Å². The number of rotatable bonds is 3. The largest absolute Gasteiger partial charge is 0.468 e. The molecule has 144 valence electrons. The first-order valence-electron chi connectivity index (χ1n) is 8.58. The Morgan fingerprint density at radius 3 is 2.50 bits per heavy atom. The van der Waals surface area contributed by atoms with Crippen molar-refractivity contribution in [3.63, 3.8) is 0 Å². The summed E-state index contributed by atoms with van der Waals surface area (Å²) in [5, 5.41) is 0. The van der Waals surface area contributed by atoms with Crippen LogP contribution in [-0.2, 0) is 33.7 Å². The zero-order valence-corrected chi connectivity index (χ0v) is 15.9. The average molecular weight is 385 g/mol. The van der Waals surface area contributed by atoms with Crippen LogP contribution in [0.25, 0.3) is 0 Å². The number of aromatic nitrogens is 2. The highest BCUT2D eigenvalue weighted by Gasteiger charge is 2.52. The molecule has 2 heterocycles. The summed E-state index contributed by atoms with van der Waals surface area (Å²) < 4.78 is 34.5. The Bertz CT molecular complexity index is 948. The van der Waals surface area contributed by atoms with E-state index in [1.807, 2.05) is 0 Å². The van der Waals surface area contributed by atoms with Gasteiger partial charge in [0.05, 0.1) is 7.11 Å². The lowest BCUT2D eigenvalue weighted by molar-refractivity contribution is -0.144. The standard InChI is InChI=1S/C16H23N3O6S/c1-17-9-13(14(20)18(2)16(17)22)26(23,24)19-11-7-5-4-6-10(11)8-12(19)15(21)25-3/h9-12H,4-8H2,1-3H3/t10-,11-,12-/m0/s1. The van der Waals surface area contributed by atoms with E-state index in [0.717, 1.165) is 38.9 Å². The number of hydrogen-bond acceptors (Lipinski definition) is 6. The molecule has 0 radical (unpaired) electrons. The molecule has 1 saturated carbocycles. The minimum absolute atomic E-state index is 0.0685. The smallest absolute Gasteiger partial charge is 0.330 e. The third kappa shape index (κ3) is 2.81. The molecule has 0 spiro atoms. The molecule has 0 aromatic carbocycles. The van der Waals surface area contributed by atoms with E-state index >= 15 is 0 Å². The van der Waals surface area contributed by atoms with E-state index in [9.17, 15) is 22.8 Å². The van der Waals surface area contributed by atoms with Gasteiger partial charge in [-0.3, -0.25) is 14.2 Å². The summed E-state index contributed by atoms with van der Waals surface area (Å²) >= 11 is 0. The maximum Gasteiger partial charge on any atom is 0.330 e. The molecule has 0 amide bonds. The molecule has 0 N–H and O–H groups in total. The molecule has 0 unspecified atom stereocenters. The minimum Gasteiger partial charge on any atom is -0.468 e. The molecule has 1 aromatic heterocycles. The molecular weight excluding hydrogens is 362 g/mol. The molecule has 1 aromatic rings. The second-order valence-electron chi connectivity index (χ2n) is 6.97. The van der Waals surface area contributed by atoms with E-state index < -0.39 is 38.2 Å². The number of carbonyl (C=O) groups is 1. The predicted molar refractivity (Wildman–Crippen MR) is 92.1 cm³/mol. The van der Waals surface area contributed by atoms with Gasteiger partial charge in [0.2, 0.25) is 0 Å². The number of methoxy groups -OCH3 is 1. The van der Waals surface area contributed by atoms with Gasteiger partial charge in [-0.2, -0.15) is 4.31 Å². The third-order valence-corrected chi connectivity index (χ3v) is 7.39. The van der Waals surface area contributed by atoms with Gasteiger partial charge in [-0.1, -0.05) is 12.8 Å². The number of fused-ring (bicyclic) bond motifs is 1. The van der Waals surface area contributed by atoms with Crippen LogP contribution < -0.4 is 11.2 Å². The molecule has 9 nitrogen and oxygen atoms in total. The van der Waals surface area contributed by atoms with Gasteiger partial charge in [-0.25, -0.2) is 13.2 Å². The van der Waals surface area contributed by atoms with E-state index in [4.69, 9.17) is 4.74 Å². The number of carbonyl (C=O) groups excluding carboxylic acids is 1. The Balaban J connectivity index is 2.16. The van der Waals surface area contributed by atoms with Crippen LogP contribution >= 0.6 is 0 Å². The zero-order chi connectivity index (χ0) is 19.2. The van der Waals surface area contributed by atoms with Crippen molar-refractivity contribution in [1.82, 2.24) is 13.4 Å². The fraction of sp³-hybridized carbons (Fsp3) is 0.688. The quantitative estimate of drug-likeness (QED) is 0.654. The van der Waals surface area contributed by atoms with Crippen LogP contribution in [0.5, 0.6) is 0 Å². The van der Waals surface area contributed by atoms with E-state index in [1.165, 1.54) is 21.2 Å². The fourth-order valence-electron chi connectivity index (χ4n) is 4.17. The zero-order valence-electron chi connectivity index (χ0n) is 15.0. The molecule has 26 heavy (non-hydrogen) atoms. The van der Waals surface area contributed by atoms with E-state index in [1.54, 1.807) is 0 Å². The van der Waals surface area contributed by atoms with E-state index in [2.05, 4.69) is 0 Å². The van der Waals surface area contributed by atoms with Gasteiger partial charge in [0.1, 0.15) is 6.04 Å². The second-order valence-corrected chi connectivity index (χ2v) is 8.78. The third-order valence-electron chi connectivity index (χ3n) is 5.47. The van der Waals surface area contributed by atoms with Crippen molar-refractivity contribution in [3.05, 3.63) is 27.0 Å². The summed E-state index contributed by atoms with van der Waals surface area (Å²) in [4.78, 5) is 36.1. The Kier molecular flexibility index (Phi) is 4.82. The maximum atomic E-state index is 13.3. The first-order chi connectivity index (χ1) is 12.2.